The first-order valence-electron chi connectivity index (χ1n) is 4.18. The highest BCUT2D eigenvalue weighted by Crippen LogP contribution is 2.06. The summed E-state index contributed by atoms with van der Waals surface area (Å²) < 4.78 is 2.01. The van der Waals surface area contributed by atoms with Gasteiger partial charge in [-0.25, -0.2) is 0 Å². The maximum Gasteiger partial charge on any atom is 0.0633 e. The van der Waals surface area contributed by atoms with E-state index in [1.54, 1.807) is 0 Å². The van der Waals surface area contributed by atoms with Crippen LogP contribution in [0.25, 0.3) is 5.69 Å². The SMILES string of the molecule is NCc1ccc(-n2cccc2)cn1. The molecule has 0 fully saturated rings. The summed E-state index contributed by atoms with van der Waals surface area (Å²) in [7, 11) is 0. The molecule has 13 heavy (non-hydrogen) atoms. The zero-order chi connectivity index (χ0) is 9.10. The van der Waals surface area contributed by atoms with Gasteiger partial charge in [0.1, 0.15) is 0 Å². The molecule has 0 aliphatic heterocycles. The molecule has 0 bridgehead atoms. The molecule has 2 aromatic heterocycles. The minimum atomic E-state index is 0.492. The topological polar surface area (TPSA) is 43.8 Å². The maximum absolute atomic E-state index is 5.45. The standard InChI is InChI=1S/C10H11N3/c11-7-9-3-4-10(8-12-9)13-5-1-2-6-13/h1-6,8H,7,11H2. The molecule has 0 aliphatic rings. The van der Waals surface area contributed by atoms with Crippen molar-refractivity contribution in [2.75, 3.05) is 0 Å². The van der Waals surface area contributed by atoms with E-state index in [-0.39, 0.29) is 0 Å². The number of aromatic nitrogens is 2. The van der Waals surface area contributed by atoms with Crippen LogP contribution >= 0.6 is 0 Å². The lowest BCUT2D eigenvalue weighted by atomic mass is 10.3. The van der Waals surface area contributed by atoms with Gasteiger partial charge in [0.05, 0.1) is 17.6 Å². The smallest absolute Gasteiger partial charge is 0.0633 e. The van der Waals surface area contributed by atoms with Gasteiger partial charge >= 0.3 is 0 Å². The third-order valence-corrected chi connectivity index (χ3v) is 1.92. The predicted octanol–water partition coefficient (Wildman–Crippen LogP) is 1.33. The van der Waals surface area contributed by atoms with E-state index in [9.17, 15) is 0 Å². The zero-order valence-electron chi connectivity index (χ0n) is 7.22. The van der Waals surface area contributed by atoms with Gasteiger partial charge in [0, 0.05) is 18.9 Å². The summed E-state index contributed by atoms with van der Waals surface area (Å²) >= 11 is 0. The minimum absolute atomic E-state index is 0.492. The largest absolute Gasteiger partial charge is 0.325 e. The maximum atomic E-state index is 5.45. The molecule has 3 heteroatoms. The second-order valence-corrected chi connectivity index (χ2v) is 2.80. The Kier molecular flexibility index (Phi) is 2.10. The van der Waals surface area contributed by atoms with Gasteiger partial charge in [-0.1, -0.05) is 0 Å². The summed E-state index contributed by atoms with van der Waals surface area (Å²) in [6.45, 7) is 0.492. The third kappa shape index (κ3) is 1.60. The molecule has 0 unspecified atom stereocenters. The van der Waals surface area contributed by atoms with Gasteiger partial charge in [0.15, 0.2) is 0 Å². The second-order valence-electron chi connectivity index (χ2n) is 2.80. The summed E-state index contributed by atoms with van der Waals surface area (Å²) in [6, 6.07) is 7.91. The first kappa shape index (κ1) is 8.01. The van der Waals surface area contributed by atoms with Crippen LogP contribution < -0.4 is 5.73 Å². The van der Waals surface area contributed by atoms with E-state index >= 15 is 0 Å². The highest BCUT2D eigenvalue weighted by atomic mass is 15.0. The average molecular weight is 173 g/mol. The summed E-state index contributed by atoms with van der Waals surface area (Å²) in [5.41, 5.74) is 7.42. The Bertz CT molecular complexity index is 362. The van der Waals surface area contributed by atoms with Crippen molar-refractivity contribution in [2.24, 2.45) is 5.73 Å². The molecule has 66 valence electrons. The van der Waals surface area contributed by atoms with Crippen LogP contribution in [0.2, 0.25) is 0 Å². The molecule has 3 nitrogen and oxygen atoms in total. The fourth-order valence-corrected chi connectivity index (χ4v) is 1.20. The number of pyridine rings is 1. The van der Waals surface area contributed by atoms with Gasteiger partial charge in [-0.2, -0.15) is 0 Å². The van der Waals surface area contributed by atoms with Crippen molar-refractivity contribution in [3.05, 3.63) is 48.5 Å². The molecule has 0 atom stereocenters. The van der Waals surface area contributed by atoms with E-state index in [4.69, 9.17) is 5.73 Å². The van der Waals surface area contributed by atoms with Gasteiger partial charge in [-0.3, -0.25) is 4.98 Å². The molecule has 0 saturated heterocycles. The van der Waals surface area contributed by atoms with Crippen LogP contribution in [-0.2, 0) is 6.54 Å². The Hall–Kier alpha value is -1.61. The zero-order valence-corrected chi connectivity index (χ0v) is 7.22. The minimum Gasteiger partial charge on any atom is -0.325 e. The normalized spacial score (nSPS) is 10.2. The summed E-state index contributed by atoms with van der Waals surface area (Å²) in [6.07, 6.45) is 5.79. The lowest BCUT2D eigenvalue weighted by Gasteiger charge is -2.02. The highest BCUT2D eigenvalue weighted by Gasteiger charge is 1.94. The molecule has 0 saturated carbocycles. The third-order valence-electron chi connectivity index (χ3n) is 1.92. The van der Waals surface area contributed by atoms with Gasteiger partial charge in [0.25, 0.3) is 0 Å². The van der Waals surface area contributed by atoms with E-state index in [0.29, 0.717) is 6.54 Å². The highest BCUT2D eigenvalue weighted by molar-refractivity contribution is 5.30. The molecular weight excluding hydrogens is 162 g/mol. The van der Waals surface area contributed by atoms with Gasteiger partial charge < -0.3 is 10.3 Å². The molecule has 2 rings (SSSR count). The Morgan fingerprint density at radius 2 is 2.00 bits per heavy atom. The molecule has 0 aromatic carbocycles. The van der Waals surface area contributed by atoms with Crippen LogP contribution in [0.1, 0.15) is 5.69 Å². The van der Waals surface area contributed by atoms with Crippen molar-refractivity contribution in [3.8, 4) is 5.69 Å². The van der Waals surface area contributed by atoms with Crippen molar-refractivity contribution < 1.29 is 0 Å². The molecule has 0 amide bonds. The van der Waals surface area contributed by atoms with Crippen molar-refractivity contribution in [1.29, 1.82) is 0 Å². The Morgan fingerprint density at radius 1 is 1.23 bits per heavy atom. The molecular formula is C10H11N3. The Balaban J connectivity index is 2.33. The molecule has 0 aliphatic carbocycles. The number of hydrogen-bond acceptors (Lipinski definition) is 2. The average Bonchev–Trinajstić information content (AvgIpc) is 2.71. The first-order chi connectivity index (χ1) is 6.40. The van der Waals surface area contributed by atoms with Gasteiger partial charge in [-0.15, -0.1) is 0 Å². The number of hydrogen-bond donors (Lipinski definition) is 1. The van der Waals surface area contributed by atoms with E-state index in [1.165, 1.54) is 0 Å². The van der Waals surface area contributed by atoms with Gasteiger partial charge in [-0.05, 0) is 24.3 Å². The fourth-order valence-electron chi connectivity index (χ4n) is 1.20. The van der Waals surface area contributed by atoms with Gasteiger partial charge in [0.2, 0.25) is 0 Å². The molecule has 2 N–H and O–H groups in total. The van der Waals surface area contributed by atoms with Crippen LogP contribution in [-0.4, -0.2) is 9.55 Å². The van der Waals surface area contributed by atoms with E-state index < -0.39 is 0 Å². The second kappa shape index (κ2) is 3.41. The molecule has 0 radical (unpaired) electrons. The lowest BCUT2D eigenvalue weighted by Crippen LogP contribution is -2.00. The van der Waals surface area contributed by atoms with E-state index in [0.717, 1.165) is 11.4 Å². The van der Waals surface area contributed by atoms with Crippen LogP contribution in [0, 0.1) is 0 Å². The van der Waals surface area contributed by atoms with Crippen LogP contribution in [0.15, 0.2) is 42.9 Å². The van der Waals surface area contributed by atoms with E-state index in [1.807, 2.05) is 47.4 Å². The Morgan fingerprint density at radius 3 is 2.54 bits per heavy atom. The number of nitrogens with two attached hydrogens (primary N) is 1. The quantitative estimate of drug-likeness (QED) is 0.744. The van der Waals surface area contributed by atoms with Crippen molar-refractivity contribution >= 4 is 0 Å². The van der Waals surface area contributed by atoms with Crippen LogP contribution in [0.3, 0.4) is 0 Å². The van der Waals surface area contributed by atoms with Crippen molar-refractivity contribution in [3.63, 3.8) is 0 Å². The van der Waals surface area contributed by atoms with E-state index in [2.05, 4.69) is 4.98 Å². The molecule has 0 spiro atoms. The van der Waals surface area contributed by atoms with Crippen molar-refractivity contribution in [1.82, 2.24) is 9.55 Å². The summed E-state index contributed by atoms with van der Waals surface area (Å²) in [4.78, 5) is 4.21. The molecule has 2 heterocycles. The summed E-state index contributed by atoms with van der Waals surface area (Å²) in [5, 5.41) is 0. The first-order valence-corrected chi connectivity index (χ1v) is 4.18. The monoisotopic (exact) mass is 173 g/mol. The van der Waals surface area contributed by atoms with Crippen molar-refractivity contribution in [2.45, 2.75) is 6.54 Å². The Labute approximate surface area is 76.8 Å². The number of rotatable bonds is 2. The molecule has 2 aromatic rings. The fraction of sp³-hybridized carbons (Fsp3) is 0.100. The number of nitrogens with zero attached hydrogens (tertiary/aromatic N) is 2. The predicted molar refractivity (Wildman–Crippen MR) is 51.5 cm³/mol. The van der Waals surface area contributed by atoms with Crippen LogP contribution in [0.4, 0.5) is 0 Å². The lowest BCUT2D eigenvalue weighted by molar-refractivity contribution is 0.969. The summed E-state index contributed by atoms with van der Waals surface area (Å²) in [5.74, 6) is 0. The van der Waals surface area contributed by atoms with Crippen LogP contribution in [0.5, 0.6) is 0 Å².